The summed E-state index contributed by atoms with van der Waals surface area (Å²) in [4.78, 5) is 9.15. The van der Waals surface area contributed by atoms with Crippen molar-refractivity contribution in [1.29, 1.82) is 0 Å². The van der Waals surface area contributed by atoms with Crippen molar-refractivity contribution in [2.45, 2.75) is 32.7 Å². The van der Waals surface area contributed by atoms with E-state index < -0.39 is 0 Å². The zero-order valence-corrected chi connectivity index (χ0v) is 9.76. The van der Waals surface area contributed by atoms with Crippen LogP contribution in [0.2, 0.25) is 0 Å². The van der Waals surface area contributed by atoms with E-state index in [-0.39, 0.29) is 6.23 Å². The van der Waals surface area contributed by atoms with Gasteiger partial charge in [0.1, 0.15) is 12.0 Å². The third-order valence-corrected chi connectivity index (χ3v) is 3.37. The molecule has 0 aliphatic carbocycles. The van der Waals surface area contributed by atoms with E-state index in [0.717, 1.165) is 19.0 Å². The number of nitrogens with zero attached hydrogens (tertiary/aromatic N) is 3. The van der Waals surface area contributed by atoms with Crippen molar-refractivity contribution >= 4 is 5.82 Å². The Morgan fingerprint density at radius 2 is 2.38 bits per heavy atom. The smallest absolute Gasteiger partial charge is 0.145 e. The lowest BCUT2D eigenvalue weighted by molar-refractivity contribution is 0.0367. The van der Waals surface area contributed by atoms with Gasteiger partial charge < -0.3 is 9.64 Å². The van der Waals surface area contributed by atoms with Crippen LogP contribution >= 0.6 is 0 Å². The summed E-state index contributed by atoms with van der Waals surface area (Å²) < 4.78 is 5.85. The molecular weight excluding hydrogens is 202 g/mol. The maximum atomic E-state index is 5.85. The van der Waals surface area contributed by atoms with Gasteiger partial charge in [-0.2, -0.15) is 0 Å². The summed E-state index contributed by atoms with van der Waals surface area (Å²) >= 11 is 0. The second-order valence-electron chi connectivity index (χ2n) is 4.73. The van der Waals surface area contributed by atoms with E-state index in [1.807, 2.05) is 12.3 Å². The molecule has 1 unspecified atom stereocenters. The zero-order chi connectivity index (χ0) is 11.1. The van der Waals surface area contributed by atoms with Crippen molar-refractivity contribution in [2.24, 2.45) is 0 Å². The number of ether oxygens (including phenoxy) is 1. The monoisotopic (exact) mass is 219 g/mol. The molecule has 4 heteroatoms. The van der Waals surface area contributed by atoms with Crippen LogP contribution in [-0.2, 0) is 11.3 Å². The van der Waals surface area contributed by atoms with Crippen LogP contribution in [-0.4, -0.2) is 35.4 Å². The highest BCUT2D eigenvalue weighted by molar-refractivity contribution is 5.49. The van der Waals surface area contributed by atoms with Crippen LogP contribution in [0.4, 0.5) is 5.82 Å². The van der Waals surface area contributed by atoms with E-state index in [1.54, 1.807) is 0 Å². The van der Waals surface area contributed by atoms with Gasteiger partial charge in [0.25, 0.3) is 0 Å². The Hall–Kier alpha value is -1.13. The molecule has 0 saturated carbocycles. The molecule has 1 aromatic rings. The summed E-state index contributed by atoms with van der Waals surface area (Å²) in [7, 11) is 0. The average molecular weight is 219 g/mol. The van der Waals surface area contributed by atoms with Gasteiger partial charge >= 0.3 is 0 Å². The Balaban J connectivity index is 1.90. The van der Waals surface area contributed by atoms with E-state index in [0.29, 0.717) is 12.6 Å². The molecule has 0 N–H and O–H groups in total. The third kappa shape index (κ3) is 1.49. The van der Waals surface area contributed by atoms with Crippen LogP contribution in [0, 0.1) is 0 Å². The predicted octanol–water partition coefficient (Wildman–Crippen LogP) is 1.43. The Morgan fingerprint density at radius 3 is 3.19 bits per heavy atom. The highest BCUT2D eigenvalue weighted by Crippen LogP contribution is 2.31. The molecule has 3 rings (SSSR count). The van der Waals surface area contributed by atoms with Crippen molar-refractivity contribution in [3.63, 3.8) is 0 Å². The molecule has 2 aliphatic rings. The van der Waals surface area contributed by atoms with Crippen LogP contribution in [0.25, 0.3) is 0 Å². The summed E-state index contributed by atoms with van der Waals surface area (Å²) in [6, 6.07) is 4.62. The summed E-state index contributed by atoms with van der Waals surface area (Å²) in [6.07, 6.45) is 2.05. The molecule has 4 nitrogen and oxygen atoms in total. The van der Waals surface area contributed by atoms with Gasteiger partial charge in [-0.05, 0) is 19.9 Å². The van der Waals surface area contributed by atoms with Crippen molar-refractivity contribution in [3.8, 4) is 0 Å². The fraction of sp³-hybridized carbons (Fsp3) is 0.583. The third-order valence-electron chi connectivity index (χ3n) is 3.37. The summed E-state index contributed by atoms with van der Waals surface area (Å²) in [5, 5.41) is 0. The van der Waals surface area contributed by atoms with Crippen LogP contribution in [0.1, 0.15) is 19.4 Å². The van der Waals surface area contributed by atoms with Crippen LogP contribution in [0.3, 0.4) is 0 Å². The van der Waals surface area contributed by atoms with Gasteiger partial charge in [-0.3, -0.25) is 4.90 Å². The zero-order valence-electron chi connectivity index (χ0n) is 9.76. The molecule has 0 bridgehead atoms. The molecule has 1 fully saturated rings. The molecule has 1 saturated heterocycles. The molecule has 0 aromatic carbocycles. The van der Waals surface area contributed by atoms with E-state index in [9.17, 15) is 0 Å². The first-order valence-electron chi connectivity index (χ1n) is 5.82. The number of fused-ring (bicyclic) bond motifs is 3. The maximum Gasteiger partial charge on any atom is 0.145 e. The van der Waals surface area contributed by atoms with Gasteiger partial charge in [0.2, 0.25) is 0 Å². The minimum absolute atomic E-state index is 0.185. The number of pyridine rings is 1. The Bertz CT molecular complexity index is 394. The van der Waals surface area contributed by atoms with E-state index in [1.165, 1.54) is 5.56 Å². The van der Waals surface area contributed by atoms with Gasteiger partial charge in [0, 0.05) is 24.3 Å². The molecule has 0 amide bonds. The molecule has 86 valence electrons. The number of hydrogen-bond donors (Lipinski definition) is 0. The number of anilines is 1. The summed E-state index contributed by atoms with van der Waals surface area (Å²) in [6.45, 7) is 7.03. The first-order chi connectivity index (χ1) is 7.75. The Kier molecular flexibility index (Phi) is 2.33. The average Bonchev–Trinajstić information content (AvgIpc) is 2.73. The van der Waals surface area contributed by atoms with Gasteiger partial charge in [-0.25, -0.2) is 4.98 Å². The Labute approximate surface area is 95.8 Å². The fourth-order valence-electron chi connectivity index (χ4n) is 2.35. The van der Waals surface area contributed by atoms with Gasteiger partial charge in [-0.1, -0.05) is 6.07 Å². The molecule has 16 heavy (non-hydrogen) atoms. The topological polar surface area (TPSA) is 28.6 Å². The minimum atomic E-state index is 0.185. The molecule has 1 aromatic heterocycles. The standard InChI is InChI=1S/C12H17N3O/c1-9(2)14-6-11-15(8-14)12-10(7-16-11)4-3-5-13-12/h3-5,9,11H,6-8H2,1-2H3. The van der Waals surface area contributed by atoms with Crippen molar-refractivity contribution in [2.75, 3.05) is 18.1 Å². The van der Waals surface area contributed by atoms with Crippen LogP contribution in [0.5, 0.6) is 0 Å². The Morgan fingerprint density at radius 1 is 1.50 bits per heavy atom. The van der Waals surface area contributed by atoms with Crippen molar-refractivity contribution in [3.05, 3.63) is 23.9 Å². The SMILES string of the molecule is CC(C)N1CC2OCc3cccnc3N2C1. The van der Waals surface area contributed by atoms with E-state index in [4.69, 9.17) is 4.74 Å². The van der Waals surface area contributed by atoms with Crippen LogP contribution < -0.4 is 4.90 Å². The normalized spacial score (nSPS) is 24.7. The number of rotatable bonds is 1. The first kappa shape index (κ1) is 10.1. The summed E-state index contributed by atoms with van der Waals surface area (Å²) in [5.74, 6) is 1.10. The van der Waals surface area contributed by atoms with Crippen molar-refractivity contribution < 1.29 is 4.74 Å². The predicted molar refractivity (Wildman–Crippen MR) is 62.0 cm³/mol. The lowest BCUT2D eigenvalue weighted by Gasteiger charge is -2.31. The molecule has 1 atom stereocenters. The maximum absolute atomic E-state index is 5.85. The molecule has 2 aliphatic heterocycles. The number of hydrogen-bond acceptors (Lipinski definition) is 4. The highest BCUT2D eigenvalue weighted by atomic mass is 16.5. The summed E-state index contributed by atoms with van der Waals surface area (Å²) in [5.41, 5.74) is 1.20. The largest absolute Gasteiger partial charge is 0.352 e. The highest BCUT2D eigenvalue weighted by Gasteiger charge is 2.36. The molecular formula is C12H17N3O. The molecule has 3 heterocycles. The van der Waals surface area contributed by atoms with Gasteiger partial charge in [-0.15, -0.1) is 0 Å². The second kappa shape index (κ2) is 3.71. The van der Waals surface area contributed by atoms with Crippen LogP contribution in [0.15, 0.2) is 18.3 Å². The lowest BCUT2D eigenvalue weighted by atomic mass is 10.2. The fourth-order valence-corrected chi connectivity index (χ4v) is 2.35. The number of aromatic nitrogens is 1. The van der Waals surface area contributed by atoms with E-state index >= 15 is 0 Å². The second-order valence-corrected chi connectivity index (χ2v) is 4.73. The van der Waals surface area contributed by atoms with Gasteiger partial charge in [0.05, 0.1) is 13.3 Å². The van der Waals surface area contributed by atoms with Crippen molar-refractivity contribution in [1.82, 2.24) is 9.88 Å². The van der Waals surface area contributed by atoms with Gasteiger partial charge in [0.15, 0.2) is 0 Å². The first-order valence-corrected chi connectivity index (χ1v) is 5.82. The molecule has 0 spiro atoms. The quantitative estimate of drug-likeness (QED) is 0.714. The molecule has 0 radical (unpaired) electrons. The minimum Gasteiger partial charge on any atom is -0.352 e. The lowest BCUT2D eigenvalue weighted by Crippen LogP contribution is -2.37. The van der Waals surface area contributed by atoms with E-state index in [2.05, 4.69) is 34.7 Å².